The van der Waals surface area contributed by atoms with E-state index in [-0.39, 0.29) is 23.7 Å². The molecule has 0 spiro atoms. The topological polar surface area (TPSA) is 66.7 Å². The van der Waals surface area contributed by atoms with Gasteiger partial charge in [0.1, 0.15) is 0 Å². The lowest BCUT2D eigenvalue weighted by Gasteiger charge is -2.34. The van der Waals surface area contributed by atoms with Crippen LogP contribution in [0.4, 0.5) is 5.69 Å². The van der Waals surface area contributed by atoms with Crippen molar-refractivity contribution in [3.63, 3.8) is 0 Å². The van der Waals surface area contributed by atoms with E-state index >= 15 is 0 Å². The van der Waals surface area contributed by atoms with Gasteiger partial charge >= 0.3 is 0 Å². The molecule has 150 valence electrons. The summed E-state index contributed by atoms with van der Waals surface area (Å²) < 4.78 is 1.70. The van der Waals surface area contributed by atoms with Crippen molar-refractivity contribution in [3.05, 3.63) is 65.7 Å². The highest BCUT2D eigenvalue weighted by Gasteiger charge is 2.30. The standard InChI is InChI=1S/C23H26N4O2/c1-3-17-11-6-8-14-26(17)23(29)20-19-13-7-9-15-27(19)21(25-20)22(28)24-18-12-5-4-10-16(18)2/h4-5,7,9-10,12-13,15,17H,3,6,8,11,14H2,1-2H3,(H,24,28). The number of hydrogen-bond acceptors (Lipinski definition) is 3. The summed E-state index contributed by atoms with van der Waals surface area (Å²) in [5.74, 6) is -0.197. The number of imidazole rings is 1. The first kappa shape index (κ1) is 19.2. The van der Waals surface area contributed by atoms with E-state index in [0.29, 0.717) is 11.2 Å². The average Bonchev–Trinajstić information content (AvgIpc) is 3.14. The van der Waals surface area contributed by atoms with E-state index in [1.54, 1.807) is 10.6 Å². The van der Waals surface area contributed by atoms with Gasteiger partial charge in [-0.3, -0.25) is 14.0 Å². The van der Waals surface area contributed by atoms with Crippen LogP contribution in [-0.4, -0.2) is 38.7 Å². The van der Waals surface area contributed by atoms with Gasteiger partial charge in [0, 0.05) is 24.5 Å². The number of hydrogen-bond donors (Lipinski definition) is 1. The third kappa shape index (κ3) is 3.62. The van der Waals surface area contributed by atoms with E-state index in [1.165, 1.54) is 0 Å². The van der Waals surface area contributed by atoms with Gasteiger partial charge in [0.2, 0.25) is 5.82 Å². The number of likely N-dealkylation sites (tertiary alicyclic amines) is 1. The summed E-state index contributed by atoms with van der Waals surface area (Å²) in [5.41, 5.74) is 2.71. The van der Waals surface area contributed by atoms with Crippen molar-refractivity contribution < 1.29 is 9.59 Å². The Labute approximate surface area is 170 Å². The summed E-state index contributed by atoms with van der Waals surface area (Å²) in [4.78, 5) is 32.8. The maximum Gasteiger partial charge on any atom is 0.292 e. The molecule has 2 aromatic heterocycles. The first-order valence-electron chi connectivity index (χ1n) is 10.2. The Balaban J connectivity index is 1.71. The molecule has 1 fully saturated rings. The van der Waals surface area contributed by atoms with Crippen LogP contribution in [0.15, 0.2) is 48.7 Å². The van der Waals surface area contributed by atoms with Crippen LogP contribution in [0.1, 0.15) is 59.3 Å². The van der Waals surface area contributed by atoms with Gasteiger partial charge in [0.25, 0.3) is 11.8 Å². The summed E-state index contributed by atoms with van der Waals surface area (Å²) in [7, 11) is 0. The molecular weight excluding hydrogens is 364 g/mol. The Morgan fingerprint density at radius 2 is 1.93 bits per heavy atom. The Bertz CT molecular complexity index is 1060. The zero-order chi connectivity index (χ0) is 20.4. The number of aromatic nitrogens is 2. The number of fused-ring (bicyclic) bond motifs is 1. The first-order valence-corrected chi connectivity index (χ1v) is 10.2. The second-order valence-corrected chi connectivity index (χ2v) is 7.57. The largest absolute Gasteiger partial charge is 0.334 e. The molecule has 1 N–H and O–H groups in total. The molecule has 1 saturated heterocycles. The van der Waals surface area contributed by atoms with Crippen molar-refractivity contribution in [1.82, 2.24) is 14.3 Å². The van der Waals surface area contributed by atoms with Crippen molar-refractivity contribution in [2.45, 2.75) is 45.6 Å². The van der Waals surface area contributed by atoms with Gasteiger partial charge < -0.3 is 10.2 Å². The Kier molecular flexibility index (Phi) is 5.34. The van der Waals surface area contributed by atoms with E-state index in [0.717, 1.165) is 43.5 Å². The number of carbonyl (C=O) groups is 2. The number of carbonyl (C=O) groups excluding carboxylic acids is 2. The van der Waals surface area contributed by atoms with Crippen LogP contribution >= 0.6 is 0 Å². The van der Waals surface area contributed by atoms with Crippen LogP contribution in [0.3, 0.4) is 0 Å². The van der Waals surface area contributed by atoms with Crippen LogP contribution in [0.5, 0.6) is 0 Å². The Hall–Kier alpha value is -3.15. The van der Waals surface area contributed by atoms with E-state index < -0.39 is 0 Å². The van der Waals surface area contributed by atoms with Crippen molar-refractivity contribution in [2.24, 2.45) is 0 Å². The number of piperidine rings is 1. The van der Waals surface area contributed by atoms with E-state index in [4.69, 9.17) is 0 Å². The number of anilines is 1. The summed E-state index contributed by atoms with van der Waals surface area (Å²) in [6.07, 6.45) is 5.89. The maximum atomic E-state index is 13.3. The van der Waals surface area contributed by atoms with Crippen molar-refractivity contribution in [1.29, 1.82) is 0 Å². The van der Waals surface area contributed by atoms with Gasteiger partial charge in [-0.1, -0.05) is 31.2 Å². The second-order valence-electron chi connectivity index (χ2n) is 7.57. The summed E-state index contributed by atoms with van der Waals surface area (Å²) in [6, 6.07) is 13.4. The SMILES string of the molecule is CCC1CCCCN1C(=O)c1nc(C(=O)Nc2ccccc2C)n2ccccc12. The highest BCUT2D eigenvalue weighted by atomic mass is 16.2. The van der Waals surface area contributed by atoms with Crippen LogP contribution < -0.4 is 5.32 Å². The molecule has 0 saturated carbocycles. The minimum absolute atomic E-state index is 0.0878. The zero-order valence-electron chi connectivity index (χ0n) is 16.9. The van der Waals surface area contributed by atoms with Crippen molar-refractivity contribution in [2.75, 3.05) is 11.9 Å². The molecule has 3 aromatic rings. The van der Waals surface area contributed by atoms with Crippen LogP contribution in [0.25, 0.3) is 5.52 Å². The summed E-state index contributed by atoms with van der Waals surface area (Å²) in [6.45, 7) is 4.80. The molecule has 6 nitrogen and oxygen atoms in total. The molecular formula is C23H26N4O2. The highest BCUT2D eigenvalue weighted by Crippen LogP contribution is 2.24. The smallest absolute Gasteiger partial charge is 0.292 e. The lowest BCUT2D eigenvalue weighted by Crippen LogP contribution is -2.43. The Morgan fingerprint density at radius 3 is 2.72 bits per heavy atom. The van der Waals surface area contributed by atoms with E-state index in [9.17, 15) is 9.59 Å². The van der Waals surface area contributed by atoms with Gasteiger partial charge in [-0.2, -0.15) is 0 Å². The lowest BCUT2D eigenvalue weighted by atomic mass is 9.99. The first-order chi connectivity index (χ1) is 14.1. The summed E-state index contributed by atoms with van der Waals surface area (Å²) >= 11 is 0. The zero-order valence-corrected chi connectivity index (χ0v) is 16.9. The van der Waals surface area contributed by atoms with Crippen molar-refractivity contribution >= 4 is 23.0 Å². The molecule has 0 bridgehead atoms. The van der Waals surface area contributed by atoms with Gasteiger partial charge in [0.05, 0.1) is 5.52 Å². The van der Waals surface area contributed by atoms with Crippen LogP contribution in [0, 0.1) is 6.92 Å². The normalized spacial score (nSPS) is 16.8. The maximum absolute atomic E-state index is 13.3. The number of aryl methyl sites for hydroxylation is 1. The van der Waals surface area contributed by atoms with Crippen molar-refractivity contribution in [3.8, 4) is 0 Å². The average molecular weight is 390 g/mol. The molecule has 1 unspecified atom stereocenters. The van der Waals surface area contributed by atoms with Gasteiger partial charge in [-0.25, -0.2) is 4.98 Å². The minimum Gasteiger partial charge on any atom is -0.334 e. The molecule has 0 aliphatic carbocycles. The highest BCUT2D eigenvalue weighted by molar-refractivity contribution is 6.06. The van der Waals surface area contributed by atoms with Gasteiger partial charge in [0.15, 0.2) is 5.69 Å². The third-order valence-corrected chi connectivity index (χ3v) is 5.71. The molecule has 1 aliphatic heterocycles. The fraction of sp³-hybridized carbons (Fsp3) is 0.348. The molecule has 2 amide bonds. The van der Waals surface area contributed by atoms with Gasteiger partial charge in [-0.15, -0.1) is 0 Å². The number of para-hydroxylation sites is 1. The molecule has 3 heterocycles. The third-order valence-electron chi connectivity index (χ3n) is 5.71. The fourth-order valence-electron chi connectivity index (χ4n) is 4.08. The minimum atomic E-state index is -0.328. The Morgan fingerprint density at radius 1 is 1.14 bits per heavy atom. The molecule has 1 aromatic carbocycles. The molecule has 29 heavy (non-hydrogen) atoms. The van der Waals surface area contributed by atoms with Crippen LogP contribution in [-0.2, 0) is 0 Å². The number of nitrogens with zero attached hydrogens (tertiary/aromatic N) is 3. The van der Waals surface area contributed by atoms with E-state index in [2.05, 4.69) is 17.2 Å². The van der Waals surface area contributed by atoms with Gasteiger partial charge in [-0.05, 0) is 56.4 Å². The molecule has 1 aliphatic rings. The van der Waals surface area contributed by atoms with Crippen LogP contribution in [0.2, 0.25) is 0 Å². The predicted molar refractivity (Wildman–Crippen MR) is 113 cm³/mol. The number of pyridine rings is 1. The lowest BCUT2D eigenvalue weighted by molar-refractivity contribution is 0.0604. The van der Waals surface area contributed by atoms with E-state index in [1.807, 2.05) is 54.3 Å². The quantitative estimate of drug-likeness (QED) is 0.722. The fourth-order valence-corrected chi connectivity index (χ4v) is 4.08. The molecule has 6 heteroatoms. The molecule has 0 radical (unpaired) electrons. The number of benzene rings is 1. The molecule has 4 rings (SSSR count). The molecule has 1 atom stereocenters. The second kappa shape index (κ2) is 8.07. The number of rotatable bonds is 4. The number of amides is 2. The monoisotopic (exact) mass is 390 g/mol. The summed E-state index contributed by atoms with van der Waals surface area (Å²) in [5, 5.41) is 2.92. The predicted octanol–water partition coefficient (Wildman–Crippen LogP) is 4.30. The number of nitrogens with one attached hydrogen (secondary N) is 1.